The molecule has 9 nitrogen and oxygen atoms in total. The summed E-state index contributed by atoms with van der Waals surface area (Å²) in [6.07, 6.45) is -0.314. The van der Waals surface area contributed by atoms with Crippen LogP contribution in [-0.4, -0.2) is 31.3 Å². The van der Waals surface area contributed by atoms with Crippen molar-refractivity contribution in [1.29, 1.82) is 0 Å². The summed E-state index contributed by atoms with van der Waals surface area (Å²) in [6, 6.07) is 13.8. The van der Waals surface area contributed by atoms with Gasteiger partial charge in [0.25, 0.3) is 5.69 Å². The fourth-order valence-electron chi connectivity index (χ4n) is 2.94. The number of nitro benzene ring substituents is 1. The summed E-state index contributed by atoms with van der Waals surface area (Å²) >= 11 is 1.25. The zero-order valence-electron chi connectivity index (χ0n) is 17.4. The number of aryl methyl sites for hydroxylation is 1. The molecule has 162 valence electrons. The third-order valence-corrected chi connectivity index (χ3v) is 5.49. The average Bonchev–Trinajstić information content (AvgIpc) is 3.17. The number of nitro groups is 1. The van der Waals surface area contributed by atoms with E-state index < -0.39 is 4.92 Å². The number of benzene rings is 2. The molecule has 0 fully saturated rings. The Labute approximate surface area is 184 Å². The number of amides is 1. The number of thioether (sulfide) groups is 1. The Morgan fingerprint density at radius 2 is 2.00 bits per heavy atom. The molecule has 0 aliphatic rings. The van der Waals surface area contributed by atoms with Gasteiger partial charge in [-0.15, -0.1) is 10.2 Å². The number of para-hydroxylation sites is 1. The van der Waals surface area contributed by atoms with Crippen molar-refractivity contribution in [3.05, 3.63) is 70.0 Å². The summed E-state index contributed by atoms with van der Waals surface area (Å²) in [4.78, 5) is 22.9. The molecule has 31 heavy (non-hydrogen) atoms. The minimum absolute atomic E-state index is 0.0728. The minimum Gasteiger partial charge on any atom is -0.483 e. The second-order valence-electron chi connectivity index (χ2n) is 6.75. The number of nitrogens with zero attached hydrogens (tertiary/aromatic N) is 4. The van der Waals surface area contributed by atoms with E-state index in [2.05, 4.69) is 15.5 Å². The van der Waals surface area contributed by atoms with Gasteiger partial charge >= 0.3 is 0 Å². The maximum absolute atomic E-state index is 12.4. The van der Waals surface area contributed by atoms with Crippen molar-refractivity contribution in [2.75, 3.05) is 11.1 Å². The zero-order chi connectivity index (χ0) is 22.4. The normalized spacial score (nSPS) is 11.7. The number of hydrogen-bond acceptors (Lipinski definition) is 7. The Balaban J connectivity index is 1.65. The van der Waals surface area contributed by atoms with Crippen LogP contribution in [0.5, 0.6) is 5.75 Å². The van der Waals surface area contributed by atoms with Gasteiger partial charge in [0.1, 0.15) is 5.75 Å². The van der Waals surface area contributed by atoms with E-state index in [4.69, 9.17) is 4.74 Å². The van der Waals surface area contributed by atoms with Crippen LogP contribution >= 0.6 is 11.8 Å². The molecule has 1 atom stereocenters. The molecular formula is C21H23N5O4S. The molecular weight excluding hydrogens is 418 g/mol. The topological polar surface area (TPSA) is 112 Å². The van der Waals surface area contributed by atoms with Crippen LogP contribution in [0.25, 0.3) is 0 Å². The highest BCUT2D eigenvalue weighted by Gasteiger charge is 2.20. The van der Waals surface area contributed by atoms with Gasteiger partial charge in [-0.1, -0.05) is 36.0 Å². The number of non-ortho nitro benzene ring substituents is 1. The molecule has 3 rings (SSSR count). The van der Waals surface area contributed by atoms with Crippen LogP contribution in [0.15, 0.2) is 53.7 Å². The number of rotatable bonds is 9. The summed E-state index contributed by atoms with van der Waals surface area (Å²) in [5, 5.41) is 22.8. The highest BCUT2D eigenvalue weighted by Crippen LogP contribution is 2.25. The van der Waals surface area contributed by atoms with E-state index in [1.54, 1.807) is 13.0 Å². The highest BCUT2D eigenvalue weighted by molar-refractivity contribution is 7.99. The third kappa shape index (κ3) is 5.60. The van der Waals surface area contributed by atoms with Crippen LogP contribution in [0.4, 0.5) is 11.4 Å². The second-order valence-corrected chi connectivity index (χ2v) is 7.69. The van der Waals surface area contributed by atoms with E-state index in [-0.39, 0.29) is 23.5 Å². The van der Waals surface area contributed by atoms with Crippen LogP contribution in [-0.2, 0) is 11.3 Å². The summed E-state index contributed by atoms with van der Waals surface area (Å²) in [6.45, 7) is 6.27. The molecule has 1 aromatic heterocycles. The van der Waals surface area contributed by atoms with E-state index in [0.717, 1.165) is 11.3 Å². The summed E-state index contributed by atoms with van der Waals surface area (Å²) in [5.74, 6) is 1.22. The fourth-order valence-corrected chi connectivity index (χ4v) is 3.74. The van der Waals surface area contributed by atoms with E-state index in [0.29, 0.717) is 23.2 Å². The summed E-state index contributed by atoms with van der Waals surface area (Å²) in [5.41, 5.74) is 1.09. The lowest BCUT2D eigenvalue weighted by Gasteiger charge is -2.15. The molecule has 3 aromatic rings. The molecule has 0 saturated carbocycles. The lowest BCUT2D eigenvalue weighted by Crippen LogP contribution is -2.16. The molecule has 1 amide bonds. The minimum atomic E-state index is -0.492. The van der Waals surface area contributed by atoms with Crippen LogP contribution in [0, 0.1) is 17.0 Å². The van der Waals surface area contributed by atoms with Crippen LogP contribution < -0.4 is 10.1 Å². The van der Waals surface area contributed by atoms with Gasteiger partial charge in [0.2, 0.25) is 5.91 Å². The number of carbonyl (C=O) groups is 1. The van der Waals surface area contributed by atoms with Gasteiger partial charge in [-0.05, 0) is 38.5 Å². The van der Waals surface area contributed by atoms with Gasteiger partial charge in [-0.25, -0.2) is 0 Å². The zero-order valence-corrected chi connectivity index (χ0v) is 18.3. The van der Waals surface area contributed by atoms with E-state index in [1.165, 1.54) is 23.9 Å². The number of carbonyl (C=O) groups excluding carboxylic acids is 1. The maximum Gasteiger partial charge on any atom is 0.271 e. The van der Waals surface area contributed by atoms with Crippen molar-refractivity contribution in [2.24, 2.45) is 0 Å². The van der Waals surface area contributed by atoms with Gasteiger partial charge in [-0.3, -0.25) is 14.9 Å². The molecule has 10 heteroatoms. The van der Waals surface area contributed by atoms with Gasteiger partial charge in [-0.2, -0.15) is 0 Å². The Kier molecular flexibility index (Phi) is 7.24. The predicted octanol–water partition coefficient (Wildman–Crippen LogP) is 4.39. The summed E-state index contributed by atoms with van der Waals surface area (Å²) < 4.78 is 7.84. The first kappa shape index (κ1) is 22.3. The largest absolute Gasteiger partial charge is 0.483 e. The Hall–Kier alpha value is -3.40. The molecule has 0 aliphatic heterocycles. The van der Waals surface area contributed by atoms with Gasteiger partial charge in [0, 0.05) is 18.7 Å². The average molecular weight is 442 g/mol. The first-order valence-electron chi connectivity index (χ1n) is 9.71. The Bertz CT molecular complexity index is 1070. The van der Waals surface area contributed by atoms with Gasteiger partial charge in [0.05, 0.1) is 16.4 Å². The molecule has 1 heterocycles. The predicted molar refractivity (Wildman–Crippen MR) is 118 cm³/mol. The molecule has 0 saturated heterocycles. The fraction of sp³-hybridized carbons (Fsp3) is 0.286. The first-order valence-corrected chi connectivity index (χ1v) is 10.7. The molecule has 1 N–H and O–H groups in total. The van der Waals surface area contributed by atoms with Crippen molar-refractivity contribution >= 4 is 29.0 Å². The third-order valence-electron chi connectivity index (χ3n) is 4.52. The molecule has 2 aromatic carbocycles. The van der Waals surface area contributed by atoms with Crippen molar-refractivity contribution < 1.29 is 14.5 Å². The molecule has 0 aliphatic carbocycles. The number of ether oxygens (including phenoxy) is 1. The molecule has 0 bridgehead atoms. The standard InChI is InChI=1S/C21H23N5O4S/c1-4-25-20(15(3)30-17-8-6-5-7-9-17)23-24-21(25)31-13-19(27)22-18-12-16(26(28)29)11-10-14(18)2/h5-12,15H,4,13H2,1-3H3,(H,22,27)/t15-/m0/s1. The van der Waals surface area contributed by atoms with Crippen molar-refractivity contribution in [3.63, 3.8) is 0 Å². The Morgan fingerprint density at radius 3 is 2.68 bits per heavy atom. The van der Waals surface area contributed by atoms with Gasteiger partial charge < -0.3 is 14.6 Å². The van der Waals surface area contributed by atoms with E-state index in [1.807, 2.05) is 48.7 Å². The summed E-state index contributed by atoms with van der Waals surface area (Å²) in [7, 11) is 0. The molecule has 0 unspecified atom stereocenters. The van der Waals surface area contributed by atoms with Crippen LogP contribution in [0.1, 0.15) is 31.3 Å². The highest BCUT2D eigenvalue weighted by atomic mass is 32.2. The lowest BCUT2D eigenvalue weighted by atomic mass is 10.2. The maximum atomic E-state index is 12.4. The lowest BCUT2D eigenvalue weighted by molar-refractivity contribution is -0.384. The van der Waals surface area contributed by atoms with Gasteiger partial charge in [0.15, 0.2) is 17.1 Å². The second kappa shape index (κ2) is 10.1. The van der Waals surface area contributed by atoms with E-state index >= 15 is 0 Å². The molecule has 0 spiro atoms. The number of aromatic nitrogens is 3. The van der Waals surface area contributed by atoms with Crippen molar-refractivity contribution in [3.8, 4) is 5.75 Å². The number of hydrogen-bond donors (Lipinski definition) is 1. The SMILES string of the molecule is CCn1c(SCC(=O)Nc2cc([N+](=O)[O-])ccc2C)nnc1[C@H](C)Oc1ccccc1. The van der Waals surface area contributed by atoms with Crippen molar-refractivity contribution in [1.82, 2.24) is 14.8 Å². The van der Waals surface area contributed by atoms with Crippen LogP contribution in [0.2, 0.25) is 0 Å². The van der Waals surface area contributed by atoms with Crippen molar-refractivity contribution in [2.45, 2.75) is 38.6 Å². The molecule has 0 radical (unpaired) electrons. The first-order chi connectivity index (χ1) is 14.9. The number of nitrogens with one attached hydrogen (secondary N) is 1. The van der Waals surface area contributed by atoms with E-state index in [9.17, 15) is 14.9 Å². The monoisotopic (exact) mass is 441 g/mol. The Morgan fingerprint density at radius 1 is 1.26 bits per heavy atom. The quantitative estimate of drug-likeness (QED) is 0.298. The number of anilines is 1. The van der Waals surface area contributed by atoms with Crippen LogP contribution in [0.3, 0.4) is 0 Å². The smallest absolute Gasteiger partial charge is 0.271 e.